The van der Waals surface area contributed by atoms with E-state index in [0.717, 1.165) is 19.3 Å². The van der Waals surface area contributed by atoms with Crippen molar-refractivity contribution in [3.63, 3.8) is 0 Å². The number of morpholine rings is 1. The fraction of sp³-hybridized carbons (Fsp3) is 0.632. The minimum atomic E-state index is -0.210. The molecular weight excluding hydrogens is 320 g/mol. The molecule has 6 nitrogen and oxygen atoms in total. The second-order valence-corrected chi connectivity index (χ2v) is 7.14. The molecular formula is C19H26N2O4. The maximum absolute atomic E-state index is 13.2. The number of ether oxygens (including phenoxy) is 1. The maximum atomic E-state index is 13.2. The number of carbonyl (C=O) groups excluding carboxylic acids is 3. The first kappa shape index (κ1) is 17.9. The minimum absolute atomic E-state index is 0.0497. The number of hydrogen-bond donors (Lipinski definition) is 1. The third-order valence-electron chi connectivity index (χ3n) is 5.50. The summed E-state index contributed by atoms with van der Waals surface area (Å²) in [5, 5.41) is 0. The number of ketones is 2. The number of aromatic amines is 1. The number of rotatable bonds is 3. The first-order valence-corrected chi connectivity index (χ1v) is 9.03. The predicted octanol–water partition coefficient (Wildman–Crippen LogP) is 2.43. The molecule has 2 atom stereocenters. The lowest BCUT2D eigenvalue weighted by molar-refractivity contribution is -0.129. The highest BCUT2D eigenvalue weighted by Gasteiger charge is 2.39. The number of nitrogens with zero attached hydrogens (tertiary/aromatic N) is 1. The van der Waals surface area contributed by atoms with Crippen LogP contribution in [0.4, 0.5) is 0 Å². The Balaban J connectivity index is 1.90. The van der Waals surface area contributed by atoms with Crippen LogP contribution in [0, 0.1) is 19.8 Å². The molecule has 0 bridgehead atoms. The molecule has 1 aromatic rings. The van der Waals surface area contributed by atoms with Crippen LogP contribution in [0.2, 0.25) is 0 Å². The van der Waals surface area contributed by atoms with Crippen LogP contribution in [0.3, 0.4) is 0 Å². The summed E-state index contributed by atoms with van der Waals surface area (Å²) in [6, 6.07) is -0.210. The zero-order chi connectivity index (χ0) is 18.1. The van der Waals surface area contributed by atoms with Crippen molar-refractivity contribution in [1.82, 2.24) is 9.88 Å². The van der Waals surface area contributed by atoms with Gasteiger partial charge in [0.15, 0.2) is 5.78 Å². The second-order valence-electron chi connectivity index (χ2n) is 7.14. The largest absolute Gasteiger partial charge is 0.377 e. The molecule has 0 radical (unpaired) electrons. The Morgan fingerprint density at radius 2 is 2.00 bits per heavy atom. The van der Waals surface area contributed by atoms with Gasteiger partial charge in [0, 0.05) is 30.1 Å². The molecule has 0 unspecified atom stereocenters. The Morgan fingerprint density at radius 3 is 2.64 bits per heavy atom. The van der Waals surface area contributed by atoms with E-state index in [2.05, 4.69) is 4.98 Å². The van der Waals surface area contributed by atoms with Crippen molar-refractivity contribution in [1.29, 1.82) is 0 Å². The third kappa shape index (κ3) is 3.27. The van der Waals surface area contributed by atoms with E-state index in [9.17, 15) is 14.4 Å². The Labute approximate surface area is 147 Å². The van der Waals surface area contributed by atoms with E-state index < -0.39 is 0 Å². The predicted molar refractivity (Wildman–Crippen MR) is 92.9 cm³/mol. The number of aromatic nitrogens is 1. The Bertz CT molecular complexity index is 707. The second kappa shape index (κ2) is 7.12. The molecule has 1 aliphatic carbocycles. The standard InChI is InChI=1S/C19H26N2O4/c1-11-17(13(3)22)12(2)20-18(11)19(24)21-8-9-25-10-15(21)14-6-4-5-7-16(14)23/h14-15,20H,4-10H2,1-3H3/t14-,15-/m1/s1. The highest BCUT2D eigenvalue weighted by atomic mass is 16.5. The summed E-state index contributed by atoms with van der Waals surface area (Å²) in [4.78, 5) is 42.3. The summed E-state index contributed by atoms with van der Waals surface area (Å²) < 4.78 is 5.59. The topological polar surface area (TPSA) is 79.5 Å². The van der Waals surface area contributed by atoms with Gasteiger partial charge in [0.1, 0.15) is 11.5 Å². The summed E-state index contributed by atoms with van der Waals surface area (Å²) in [7, 11) is 0. The first-order chi connectivity index (χ1) is 11.9. The van der Waals surface area contributed by atoms with Gasteiger partial charge < -0.3 is 14.6 Å². The quantitative estimate of drug-likeness (QED) is 0.853. The molecule has 1 saturated heterocycles. The summed E-state index contributed by atoms with van der Waals surface area (Å²) in [6.07, 6.45) is 3.37. The van der Waals surface area contributed by atoms with Gasteiger partial charge in [0.05, 0.1) is 19.3 Å². The number of aryl methyl sites for hydroxylation is 1. The van der Waals surface area contributed by atoms with Crippen LogP contribution in [-0.4, -0.2) is 53.2 Å². The molecule has 0 aromatic carbocycles. The molecule has 3 rings (SSSR count). The van der Waals surface area contributed by atoms with Crippen LogP contribution < -0.4 is 0 Å². The molecule has 0 spiro atoms. The number of amides is 1. The lowest BCUT2D eigenvalue weighted by Crippen LogP contribution is -2.54. The number of carbonyl (C=O) groups is 3. The fourth-order valence-corrected chi connectivity index (χ4v) is 4.26. The monoisotopic (exact) mass is 346 g/mol. The van der Waals surface area contributed by atoms with Crippen LogP contribution in [0.15, 0.2) is 0 Å². The van der Waals surface area contributed by atoms with Gasteiger partial charge in [-0.1, -0.05) is 6.42 Å². The van der Waals surface area contributed by atoms with Crippen LogP contribution in [0.5, 0.6) is 0 Å². The van der Waals surface area contributed by atoms with Crippen molar-refractivity contribution in [3.05, 3.63) is 22.5 Å². The van der Waals surface area contributed by atoms with Gasteiger partial charge in [0.2, 0.25) is 0 Å². The van der Waals surface area contributed by atoms with Crippen molar-refractivity contribution in [2.45, 2.75) is 52.5 Å². The fourth-order valence-electron chi connectivity index (χ4n) is 4.26. The Hall–Kier alpha value is -1.95. The van der Waals surface area contributed by atoms with Gasteiger partial charge >= 0.3 is 0 Å². The highest BCUT2D eigenvalue weighted by molar-refractivity contribution is 6.02. The number of H-pyrrole nitrogens is 1. The van der Waals surface area contributed by atoms with Gasteiger partial charge in [-0.3, -0.25) is 14.4 Å². The molecule has 136 valence electrons. The van der Waals surface area contributed by atoms with E-state index in [1.807, 2.05) is 6.92 Å². The van der Waals surface area contributed by atoms with E-state index in [4.69, 9.17) is 4.74 Å². The van der Waals surface area contributed by atoms with Crippen molar-refractivity contribution in [3.8, 4) is 0 Å². The van der Waals surface area contributed by atoms with Crippen LogP contribution in [-0.2, 0) is 9.53 Å². The van der Waals surface area contributed by atoms with E-state index >= 15 is 0 Å². The van der Waals surface area contributed by atoms with Crippen LogP contribution in [0.25, 0.3) is 0 Å². The van der Waals surface area contributed by atoms with Crippen molar-refractivity contribution in [2.75, 3.05) is 19.8 Å². The maximum Gasteiger partial charge on any atom is 0.271 e. The summed E-state index contributed by atoms with van der Waals surface area (Å²) in [6.45, 7) is 6.47. The lowest BCUT2D eigenvalue weighted by Gasteiger charge is -2.40. The first-order valence-electron chi connectivity index (χ1n) is 9.03. The van der Waals surface area contributed by atoms with Gasteiger partial charge in [-0.25, -0.2) is 0 Å². The number of hydrogen-bond acceptors (Lipinski definition) is 4. The average Bonchev–Trinajstić information content (AvgIpc) is 2.89. The minimum Gasteiger partial charge on any atom is -0.377 e. The summed E-state index contributed by atoms with van der Waals surface area (Å²) in [5.41, 5.74) is 2.45. The van der Waals surface area contributed by atoms with Gasteiger partial charge in [0.25, 0.3) is 5.91 Å². The molecule has 1 aromatic heterocycles. The van der Waals surface area contributed by atoms with Crippen molar-refractivity contribution >= 4 is 17.5 Å². The normalized spacial score (nSPS) is 24.4. The van der Waals surface area contributed by atoms with Gasteiger partial charge in [-0.05, 0) is 39.2 Å². The molecule has 25 heavy (non-hydrogen) atoms. The molecule has 1 aliphatic heterocycles. The highest BCUT2D eigenvalue weighted by Crippen LogP contribution is 2.30. The molecule has 6 heteroatoms. The third-order valence-corrected chi connectivity index (χ3v) is 5.50. The van der Waals surface area contributed by atoms with E-state index in [1.54, 1.807) is 11.8 Å². The Kier molecular flexibility index (Phi) is 5.08. The number of nitrogens with one attached hydrogen (secondary N) is 1. The SMILES string of the molecule is CC(=O)c1c(C)[nH]c(C(=O)N2CCOC[C@@H]2[C@H]2CCCCC2=O)c1C. The van der Waals surface area contributed by atoms with E-state index in [1.165, 1.54) is 6.92 Å². The Morgan fingerprint density at radius 1 is 1.24 bits per heavy atom. The average molecular weight is 346 g/mol. The van der Waals surface area contributed by atoms with Crippen molar-refractivity contribution in [2.24, 2.45) is 5.92 Å². The van der Waals surface area contributed by atoms with E-state index in [0.29, 0.717) is 48.7 Å². The summed E-state index contributed by atoms with van der Waals surface area (Å²) >= 11 is 0. The smallest absolute Gasteiger partial charge is 0.271 e. The molecule has 1 saturated carbocycles. The van der Waals surface area contributed by atoms with Crippen LogP contribution in [0.1, 0.15) is 64.7 Å². The van der Waals surface area contributed by atoms with Gasteiger partial charge in [-0.15, -0.1) is 0 Å². The summed E-state index contributed by atoms with van der Waals surface area (Å²) in [5.74, 6) is -0.0870. The van der Waals surface area contributed by atoms with Crippen molar-refractivity contribution < 1.29 is 19.1 Å². The molecule has 1 amide bonds. The van der Waals surface area contributed by atoms with Crippen LogP contribution >= 0.6 is 0 Å². The molecule has 2 fully saturated rings. The molecule has 2 aliphatic rings. The zero-order valence-electron chi connectivity index (χ0n) is 15.2. The number of Topliss-reactive ketones (excluding diaryl/α,β-unsaturated/α-hetero) is 2. The molecule has 2 heterocycles. The van der Waals surface area contributed by atoms with E-state index in [-0.39, 0.29) is 29.4 Å². The lowest BCUT2D eigenvalue weighted by atomic mass is 9.82. The van der Waals surface area contributed by atoms with Gasteiger partial charge in [-0.2, -0.15) is 0 Å². The zero-order valence-corrected chi connectivity index (χ0v) is 15.2. The molecule has 1 N–H and O–H groups in total.